The van der Waals surface area contributed by atoms with Crippen LogP contribution >= 0.6 is 24.0 Å². The standard InChI is InChI=1S/C17H34N4O2.HI/c1-6-23-11-7-9-18-17(19-12-16(22)20(4)5)21-10-8-14(2)15(3)13-21;/h14-15H,6-13H2,1-5H3,(H,18,19);1H. The maximum atomic E-state index is 11.8. The molecule has 1 aliphatic rings. The molecule has 1 fully saturated rings. The summed E-state index contributed by atoms with van der Waals surface area (Å²) in [6.45, 7) is 11.1. The molecule has 0 aromatic carbocycles. The van der Waals surface area contributed by atoms with Crippen molar-refractivity contribution in [2.45, 2.75) is 33.6 Å². The molecule has 1 rings (SSSR count). The zero-order valence-electron chi connectivity index (χ0n) is 15.9. The van der Waals surface area contributed by atoms with Gasteiger partial charge in [0.1, 0.15) is 6.54 Å². The van der Waals surface area contributed by atoms with Gasteiger partial charge in [-0.05, 0) is 31.6 Å². The highest BCUT2D eigenvalue weighted by Crippen LogP contribution is 2.22. The van der Waals surface area contributed by atoms with Gasteiger partial charge in [0.2, 0.25) is 5.91 Å². The van der Waals surface area contributed by atoms with Crippen molar-refractivity contribution in [2.75, 3.05) is 53.5 Å². The van der Waals surface area contributed by atoms with Crippen molar-refractivity contribution in [3.05, 3.63) is 0 Å². The number of likely N-dealkylation sites (tertiary alicyclic amines) is 1. The molecule has 1 amide bonds. The Balaban J connectivity index is 0.00000529. The van der Waals surface area contributed by atoms with Crippen molar-refractivity contribution in [3.8, 4) is 0 Å². The zero-order valence-corrected chi connectivity index (χ0v) is 18.2. The Morgan fingerprint density at radius 2 is 2.04 bits per heavy atom. The topological polar surface area (TPSA) is 57.2 Å². The molecule has 0 aromatic heterocycles. The average Bonchev–Trinajstić information content (AvgIpc) is 2.52. The number of carbonyl (C=O) groups excluding carboxylic acids is 1. The van der Waals surface area contributed by atoms with Crippen LogP contribution in [0.25, 0.3) is 0 Å². The van der Waals surface area contributed by atoms with E-state index in [-0.39, 0.29) is 36.4 Å². The molecule has 0 bridgehead atoms. The summed E-state index contributed by atoms with van der Waals surface area (Å²) < 4.78 is 5.37. The third-order valence-corrected chi connectivity index (χ3v) is 4.45. The molecule has 1 saturated heterocycles. The molecule has 0 radical (unpaired) electrons. The smallest absolute Gasteiger partial charge is 0.243 e. The fraction of sp³-hybridized carbons (Fsp3) is 0.882. The van der Waals surface area contributed by atoms with Gasteiger partial charge in [0.05, 0.1) is 0 Å². The number of carbonyl (C=O) groups is 1. The summed E-state index contributed by atoms with van der Waals surface area (Å²) in [6, 6.07) is 0. The third kappa shape index (κ3) is 8.50. The van der Waals surface area contributed by atoms with Crippen LogP contribution in [0.5, 0.6) is 0 Å². The lowest BCUT2D eigenvalue weighted by molar-refractivity contribution is -0.127. The predicted octanol–water partition coefficient (Wildman–Crippen LogP) is 2.04. The van der Waals surface area contributed by atoms with E-state index in [9.17, 15) is 4.79 Å². The van der Waals surface area contributed by atoms with Crippen LogP contribution in [0.3, 0.4) is 0 Å². The number of nitrogens with one attached hydrogen (secondary N) is 1. The molecule has 1 N–H and O–H groups in total. The van der Waals surface area contributed by atoms with E-state index in [4.69, 9.17) is 4.74 Å². The molecule has 0 aliphatic carbocycles. The maximum Gasteiger partial charge on any atom is 0.243 e. The molecule has 6 nitrogen and oxygen atoms in total. The maximum absolute atomic E-state index is 11.8. The first-order chi connectivity index (χ1) is 11.0. The van der Waals surface area contributed by atoms with Gasteiger partial charge in [-0.25, -0.2) is 4.99 Å². The fourth-order valence-electron chi connectivity index (χ4n) is 2.53. The van der Waals surface area contributed by atoms with Crippen molar-refractivity contribution < 1.29 is 9.53 Å². The quantitative estimate of drug-likeness (QED) is 0.277. The van der Waals surface area contributed by atoms with E-state index < -0.39 is 0 Å². The van der Waals surface area contributed by atoms with Gasteiger partial charge in [0, 0.05) is 46.9 Å². The third-order valence-electron chi connectivity index (χ3n) is 4.45. The first-order valence-electron chi connectivity index (χ1n) is 8.76. The molecule has 1 aliphatic heterocycles. The van der Waals surface area contributed by atoms with Crippen molar-refractivity contribution >= 4 is 35.8 Å². The fourth-order valence-corrected chi connectivity index (χ4v) is 2.53. The summed E-state index contributed by atoms with van der Waals surface area (Å²) in [7, 11) is 3.52. The average molecular weight is 454 g/mol. The molecule has 1 heterocycles. The highest BCUT2D eigenvalue weighted by Gasteiger charge is 2.24. The number of hydrogen-bond acceptors (Lipinski definition) is 3. The summed E-state index contributed by atoms with van der Waals surface area (Å²) in [5, 5.41) is 3.40. The monoisotopic (exact) mass is 454 g/mol. The van der Waals surface area contributed by atoms with Crippen LogP contribution < -0.4 is 5.32 Å². The first kappa shape index (κ1) is 23.4. The molecule has 24 heavy (non-hydrogen) atoms. The molecule has 7 heteroatoms. The van der Waals surface area contributed by atoms with Crippen LogP contribution in [-0.4, -0.2) is 75.2 Å². The van der Waals surface area contributed by atoms with E-state index in [1.165, 1.54) is 6.42 Å². The normalized spacial score (nSPS) is 21.2. The molecule has 2 unspecified atom stereocenters. The number of halogens is 1. The van der Waals surface area contributed by atoms with E-state index in [0.29, 0.717) is 5.92 Å². The minimum absolute atomic E-state index is 0. The number of rotatable bonds is 7. The van der Waals surface area contributed by atoms with Gasteiger partial charge in [0.25, 0.3) is 0 Å². The van der Waals surface area contributed by atoms with Crippen LogP contribution in [-0.2, 0) is 9.53 Å². The second-order valence-corrected chi connectivity index (χ2v) is 6.59. The van der Waals surface area contributed by atoms with E-state index in [1.54, 1.807) is 19.0 Å². The Morgan fingerprint density at radius 1 is 1.33 bits per heavy atom. The molecule has 0 saturated carbocycles. The minimum Gasteiger partial charge on any atom is -0.382 e. The highest BCUT2D eigenvalue weighted by atomic mass is 127. The Kier molecular flexibility index (Phi) is 12.4. The van der Waals surface area contributed by atoms with Crippen molar-refractivity contribution in [1.82, 2.24) is 15.1 Å². The number of likely N-dealkylation sites (N-methyl/N-ethyl adjacent to an activating group) is 1. The van der Waals surface area contributed by atoms with Gasteiger partial charge >= 0.3 is 0 Å². The molecular weight excluding hydrogens is 419 g/mol. The molecule has 0 aromatic rings. The van der Waals surface area contributed by atoms with Crippen LogP contribution in [0.4, 0.5) is 0 Å². The SMILES string of the molecule is CCOCCCNC(=NCC(=O)N(C)C)N1CCC(C)C(C)C1.I. The lowest BCUT2D eigenvalue weighted by Crippen LogP contribution is -2.48. The zero-order chi connectivity index (χ0) is 17.2. The Hall–Kier alpha value is -0.570. The molecule has 0 spiro atoms. The lowest BCUT2D eigenvalue weighted by atomic mass is 9.89. The summed E-state index contributed by atoms with van der Waals surface area (Å²) in [5.74, 6) is 2.27. The van der Waals surface area contributed by atoms with E-state index in [0.717, 1.165) is 51.1 Å². The molecular formula is C17H35IN4O2. The summed E-state index contributed by atoms with van der Waals surface area (Å²) >= 11 is 0. The second-order valence-electron chi connectivity index (χ2n) is 6.59. The number of nitrogens with zero attached hydrogens (tertiary/aromatic N) is 3. The van der Waals surface area contributed by atoms with Gasteiger partial charge in [-0.2, -0.15) is 0 Å². The molecule has 142 valence electrons. The number of aliphatic imine (C=N–C) groups is 1. The van der Waals surface area contributed by atoms with Gasteiger partial charge < -0.3 is 19.9 Å². The summed E-state index contributed by atoms with van der Waals surface area (Å²) in [5.41, 5.74) is 0. The van der Waals surface area contributed by atoms with Crippen molar-refractivity contribution in [2.24, 2.45) is 16.8 Å². The lowest BCUT2D eigenvalue weighted by Gasteiger charge is -2.37. The Labute approximate surface area is 164 Å². The number of guanidine groups is 1. The van der Waals surface area contributed by atoms with Crippen molar-refractivity contribution in [1.29, 1.82) is 0 Å². The Bertz CT molecular complexity index is 391. The van der Waals surface area contributed by atoms with E-state index in [1.807, 2.05) is 6.92 Å². The van der Waals surface area contributed by atoms with Gasteiger partial charge in [-0.3, -0.25) is 4.79 Å². The van der Waals surface area contributed by atoms with E-state index >= 15 is 0 Å². The second kappa shape index (κ2) is 12.7. The number of amides is 1. The minimum atomic E-state index is 0. The molecule has 2 atom stereocenters. The van der Waals surface area contributed by atoms with Gasteiger partial charge in [0.15, 0.2) is 5.96 Å². The van der Waals surface area contributed by atoms with Crippen LogP contribution in [0, 0.1) is 11.8 Å². The first-order valence-corrected chi connectivity index (χ1v) is 8.76. The van der Waals surface area contributed by atoms with E-state index in [2.05, 4.69) is 29.1 Å². The highest BCUT2D eigenvalue weighted by molar-refractivity contribution is 14.0. The summed E-state index contributed by atoms with van der Waals surface area (Å²) in [4.78, 5) is 20.2. The number of ether oxygens (including phenoxy) is 1. The van der Waals surface area contributed by atoms with Gasteiger partial charge in [-0.15, -0.1) is 24.0 Å². The summed E-state index contributed by atoms with van der Waals surface area (Å²) in [6.07, 6.45) is 2.11. The Morgan fingerprint density at radius 3 is 2.62 bits per heavy atom. The van der Waals surface area contributed by atoms with Crippen molar-refractivity contribution in [3.63, 3.8) is 0 Å². The van der Waals surface area contributed by atoms with Crippen LogP contribution in [0.1, 0.15) is 33.6 Å². The number of hydrogen-bond donors (Lipinski definition) is 1. The van der Waals surface area contributed by atoms with Gasteiger partial charge in [-0.1, -0.05) is 13.8 Å². The van der Waals surface area contributed by atoms with Crippen LogP contribution in [0.15, 0.2) is 4.99 Å². The predicted molar refractivity (Wildman–Crippen MR) is 110 cm³/mol. The number of piperidine rings is 1. The van der Waals surface area contributed by atoms with Crippen LogP contribution in [0.2, 0.25) is 0 Å². The largest absolute Gasteiger partial charge is 0.382 e.